The van der Waals surface area contributed by atoms with Crippen molar-refractivity contribution in [1.82, 2.24) is 14.5 Å². The Morgan fingerprint density at radius 3 is 2.68 bits per heavy atom. The molecule has 0 fully saturated rings. The molecule has 3 aromatic rings. The molecule has 0 unspecified atom stereocenters. The van der Waals surface area contributed by atoms with Crippen LogP contribution in [0.5, 0.6) is 0 Å². The van der Waals surface area contributed by atoms with E-state index in [2.05, 4.69) is 11.1 Å². The second-order valence-corrected chi connectivity index (χ2v) is 6.87. The Morgan fingerprint density at radius 2 is 2.04 bits per heavy atom. The first-order valence-electron chi connectivity index (χ1n) is 7.61. The highest BCUT2D eigenvalue weighted by atomic mass is 32.1. The van der Waals surface area contributed by atoms with Gasteiger partial charge >= 0.3 is 0 Å². The van der Waals surface area contributed by atoms with E-state index in [1.54, 1.807) is 38.1 Å². The van der Waals surface area contributed by atoms with E-state index >= 15 is 0 Å². The summed E-state index contributed by atoms with van der Waals surface area (Å²) in [5.74, 6) is -0.146. The Kier molecular flexibility index (Phi) is 4.38. The number of carbonyl (C=O) groups excluding carboxylic acids is 1. The first-order chi connectivity index (χ1) is 11.9. The number of aryl methyl sites for hydroxylation is 2. The lowest BCUT2D eigenvalue weighted by atomic mass is 10.1. The number of amides is 1. The minimum Gasteiger partial charge on any atom is -0.337 e. The molecular formula is C18H16N4O2S. The van der Waals surface area contributed by atoms with Crippen LogP contribution in [0.3, 0.4) is 0 Å². The molecule has 0 bridgehead atoms. The van der Waals surface area contributed by atoms with E-state index in [1.807, 2.05) is 12.1 Å². The Balaban J connectivity index is 1.91. The van der Waals surface area contributed by atoms with Crippen molar-refractivity contribution in [2.24, 2.45) is 7.05 Å². The molecule has 0 N–H and O–H groups in total. The smallest absolute Gasteiger partial charge is 0.264 e. The molecule has 0 saturated carbocycles. The summed E-state index contributed by atoms with van der Waals surface area (Å²) in [4.78, 5) is 32.0. The number of benzene rings is 1. The van der Waals surface area contributed by atoms with Crippen LogP contribution in [0.1, 0.15) is 26.4 Å². The summed E-state index contributed by atoms with van der Waals surface area (Å²) >= 11 is 1.24. The molecule has 0 aliphatic carbocycles. The highest BCUT2D eigenvalue weighted by Crippen LogP contribution is 2.28. The molecule has 1 amide bonds. The summed E-state index contributed by atoms with van der Waals surface area (Å²) in [5.41, 5.74) is 2.04. The number of hydrogen-bond acceptors (Lipinski definition) is 5. The average Bonchev–Trinajstić information content (AvgIpc) is 2.95. The summed E-state index contributed by atoms with van der Waals surface area (Å²) < 4.78 is 1.41. The largest absolute Gasteiger partial charge is 0.337 e. The molecule has 2 heterocycles. The molecule has 25 heavy (non-hydrogen) atoms. The van der Waals surface area contributed by atoms with E-state index in [0.29, 0.717) is 32.8 Å². The first-order valence-corrected chi connectivity index (χ1v) is 8.43. The Bertz CT molecular complexity index is 1060. The van der Waals surface area contributed by atoms with Gasteiger partial charge in [-0.05, 0) is 30.2 Å². The maximum Gasteiger partial charge on any atom is 0.264 e. The van der Waals surface area contributed by atoms with E-state index in [-0.39, 0.29) is 11.5 Å². The maximum atomic E-state index is 12.8. The van der Waals surface area contributed by atoms with Crippen molar-refractivity contribution in [3.8, 4) is 6.07 Å². The molecule has 0 aliphatic heterocycles. The van der Waals surface area contributed by atoms with Crippen LogP contribution in [-0.4, -0.2) is 27.4 Å². The monoisotopic (exact) mass is 352 g/mol. The molecule has 0 saturated heterocycles. The second-order valence-electron chi connectivity index (χ2n) is 5.87. The predicted molar refractivity (Wildman–Crippen MR) is 96.6 cm³/mol. The summed E-state index contributed by atoms with van der Waals surface area (Å²) in [7, 11) is 3.36. The number of nitrogens with zero attached hydrogens (tertiary/aromatic N) is 4. The molecule has 7 heteroatoms. The molecular weight excluding hydrogens is 336 g/mol. The topological polar surface area (TPSA) is 79.0 Å². The molecule has 6 nitrogen and oxygen atoms in total. The van der Waals surface area contributed by atoms with Crippen molar-refractivity contribution in [3.05, 3.63) is 62.5 Å². The molecule has 0 aliphatic rings. The maximum absolute atomic E-state index is 12.8. The van der Waals surface area contributed by atoms with Gasteiger partial charge in [0.2, 0.25) is 0 Å². The van der Waals surface area contributed by atoms with Crippen molar-refractivity contribution in [2.75, 3.05) is 7.05 Å². The van der Waals surface area contributed by atoms with Gasteiger partial charge in [0.1, 0.15) is 4.83 Å². The lowest BCUT2D eigenvalue weighted by molar-refractivity contribution is 0.0789. The summed E-state index contributed by atoms with van der Waals surface area (Å²) in [6.45, 7) is 2.20. The average molecular weight is 352 g/mol. The zero-order valence-electron chi connectivity index (χ0n) is 14.1. The SMILES string of the molecule is Cc1c(C(=O)N(C)Cc2ccc(C#N)cc2)sc2ncn(C)c(=O)c12. The van der Waals surface area contributed by atoms with Gasteiger partial charge < -0.3 is 9.47 Å². The highest BCUT2D eigenvalue weighted by molar-refractivity contribution is 7.20. The fraction of sp³-hybridized carbons (Fsp3) is 0.222. The van der Waals surface area contributed by atoms with Crippen LogP contribution in [0.4, 0.5) is 0 Å². The van der Waals surface area contributed by atoms with Crippen LogP contribution < -0.4 is 5.56 Å². The van der Waals surface area contributed by atoms with Crippen LogP contribution in [0.2, 0.25) is 0 Å². The zero-order valence-corrected chi connectivity index (χ0v) is 14.9. The molecule has 0 radical (unpaired) electrons. The Hall–Kier alpha value is -2.98. The van der Waals surface area contributed by atoms with E-state index in [1.165, 1.54) is 22.2 Å². The van der Waals surface area contributed by atoms with Crippen molar-refractivity contribution in [2.45, 2.75) is 13.5 Å². The Labute approximate surface area is 148 Å². The van der Waals surface area contributed by atoms with Crippen LogP contribution in [0.25, 0.3) is 10.2 Å². The summed E-state index contributed by atoms with van der Waals surface area (Å²) in [6, 6.07) is 9.19. The van der Waals surface area contributed by atoms with E-state index in [4.69, 9.17) is 5.26 Å². The molecule has 126 valence electrons. The number of thiophene rings is 1. The third-order valence-electron chi connectivity index (χ3n) is 4.05. The fourth-order valence-corrected chi connectivity index (χ4v) is 3.75. The van der Waals surface area contributed by atoms with E-state index in [0.717, 1.165) is 5.56 Å². The third-order valence-corrected chi connectivity index (χ3v) is 5.24. The zero-order chi connectivity index (χ0) is 18.1. The molecule has 1 aromatic carbocycles. The van der Waals surface area contributed by atoms with Gasteiger partial charge in [-0.1, -0.05) is 12.1 Å². The van der Waals surface area contributed by atoms with Gasteiger partial charge in [0.05, 0.1) is 28.2 Å². The predicted octanol–water partition coefficient (Wildman–Crippen LogP) is 2.45. The van der Waals surface area contributed by atoms with Crippen LogP contribution in [0.15, 0.2) is 35.4 Å². The number of nitriles is 1. The fourth-order valence-electron chi connectivity index (χ4n) is 2.62. The number of fused-ring (bicyclic) bond motifs is 1. The first kappa shape index (κ1) is 16.9. The molecule has 0 spiro atoms. The molecule has 3 rings (SSSR count). The number of hydrogen-bond donors (Lipinski definition) is 0. The summed E-state index contributed by atoms with van der Waals surface area (Å²) in [6.07, 6.45) is 1.47. The van der Waals surface area contributed by atoms with E-state index in [9.17, 15) is 9.59 Å². The van der Waals surface area contributed by atoms with Gasteiger partial charge in [0, 0.05) is 20.6 Å². The normalized spacial score (nSPS) is 10.6. The minimum atomic E-state index is -0.146. The quantitative estimate of drug-likeness (QED) is 0.725. The number of carbonyl (C=O) groups is 1. The van der Waals surface area contributed by atoms with Gasteiger partial charge in [0.15, 0.2) is 0 Å². The molecule has 0 atom stereocenters. The van der Waals surface area contributed by atoms with Crippen molar-refractivity contribution >= 4 is 27.5 Å². The second kappa shape index (κ2) is 6.49. The van der Waals surface area contributed by atoms with E-state index < -0.39 is 0 Å². The standard InChI is InChI=1S/C18H16N4O2S/c1-11-14-16(20-10-22(3)17(14)23)25-15(11)18(24)21(2)9-13-6-4-12(8-19)5-7-13/h4-7,10H,9H2,1-3H3. The van der Waals surface area contributed by atoms with Crippen LogP contribution in [0, 0.1) is 18.3 Å². The number of aromatic nitrogens is 2. The van der Waals surface area contributed by atoms with Crippen molar-refractivity contribution in [1.29, 1.82) is 5.26 Å². The molecule has 2 aromatic heterocycles. The lowest BCUT2D eigenvalue weighted by Crippen LogP contribution is -2.26. The highest BCUT2D eigenvalue weighted by Gasteiger charge is 2.21. The van der Waals surface area contributed by atoms with Gasteiger partial charge in [0.25, 0.3) is 11.5 Å². The van der Waals surface area contributed by atoms with Gasteiger partial charge in [-0.25, -0.2) is 4.98 Å². The Morgan fingerprint density at radius 1 is 1.36 bits per heavy atom. The van der Waals surface area contributed by atoms with Gasteiger partial charge in [-0.3, -0.25) is 9.59 Å². The van der Waals surface area contributed by atoms with Crippen molar-refractivity contribution in [3.63, 3.8) is 0 Å². The van der Waals surface area contributed by atoms with Crippen LogP contribution in [-0.2, 0) is 13.6 Å². The van der Waals surface area contributed by atoms with Crippen molar-refractivity contribution < 1.29 is 4.79 Å². The number of rotatable bonds is 3. The van der Waals surface area contributed by atoms with Gasteiger partial charge in [-0.2, -0.15) is 5.26 Å². The lowest BCUT2D eigenvalue weighted by Gasteiger charge is -2.17. The summed E-state index contributed by atoms with van der Waals surface area (Å²) in [5, 5.41) is 9.35. The minimum absolute atomic E-state index is 0.146. The van der Waals surface area contributed by atoms with Gasteiger partial charge in [-0.15, -0.1) is 11.3 Å². The third kappa shape index (κ3) is 3.04. The van der Waals surface area contributed by atoms with Crippen LogP contribution >= 0.6 is 11.3 Å².